The number of morpholine rings is 1. The lowest BCUT2D eigenvalue weighted by Crippen LogP contribution is -2.41. The molecule has 4 rings (SSSR count). The summed E-state index contributed by atoms with van der Waals surface area (Å²) in [6, 6.07) is 3.84. The number of hydrogen-bond donors (Lipinski definition) is 1. The van der Waals surface area contributed by atoms with Crippen LogP contribution in [-0.4, -0.2) is 69.9 Å². The van der Waals surface area contributed by atoms with Gasteiger partial charge in [0.15, 0.2) is 0 Å². The molecule has 2 aromatic heterocycles. The van der Waals surface area contributed by atoms with Gasteiger partial charge in [-0.2, -0.15) is 5.10 Å². The Morgan fingerprint density at radius 1 is 1.16 bits per heavy atom. The first-order chi connectivity index (χ1) is 15.0. The predicted octanol–water partition coefficient (Wildman–Crippen LogP) is 2.35. The number of likely N-dealkylation sites (tertiary alicyclic amines) is 1. The van der Waals surface area contributed by atoms with E-state index in [1.807, 2.05) is 12.1 Å². The fourth-order valence-electron chi connectivity index (χ4n) is 4.72. The largest absolute Gasteiger partial charge is 0.383 e. The predicted molar refractivity (Wildman–Crippen MR) is 120 cm³/mol. The number of carbonyl (C=O) groups excluding carboxylic acids is 1. The van der Waals surface area contributed by atoms with Crippen LogP contribution in [0.3, 0.4) is 0 Å². The Bertz CT molecular complexity index is 926. The van der Waals surface area contributed by atoms with Gasteiger partial charge in [0, 0.05) is 49.0 Å². The first kappa shape index (κ1) is 21.8. The molecule has 0 radical (unpaired) electrons. The average Bonchev–Trinajstić information content (AvgIpc) is 3.07. The van der Waals surface area contributed by atoms with Gasteiger partial charge < -0.3 is 15.4 Å². The Labute approximate surface area is 184 Å². The van der Waals surface area contributed by atoms with Crippen molar-refractivity contribution in [3.8, 4) is 0 Å². The molecule has 2 aromatic rings. The standard InChI is InChI=1S/C23H34N6O2/c1-4-29-17(3)20(16(2)26-29)15-27-9-7-18(8-10-27)21-6-5-19(22(24)25-21)23(30)28-11-13-31-14-12-28/h5-6,18H,4,7-15H2,1-3H3,(H2,24,25). The molecule has 2 fully saturated rings. The molecule has 0 atom stereocenters. The van der Waals surface area contributed by atoms with Gasteiger partial charge in [-0.25, -0.2) is 4.98 Å². The fourth-order valence-corrected chi connectivity index (χ4v) is 4.72. The lowest BCUT2D eigenvalue weighted by molar-refractivity contribution is 0.0303. The lowest BCUT2D eigenvalue weighted by atomic mass is 9.92. The van der Waals surface area contributed by atoms with E-state index in [1.54, 1.807) is 4.90 Å². The molecule has 0 aromatic carbocycles. The number of aromatic nitrogens is 3. The minimum absolute atomic E-state index is 0.0481. The van der Waals surface area contributed by atoms with Gasteiger partial charge in [0.25, 0.3) is 5.91 Å². The summed E-state index contributed by atoms with van der Waals surface area (Å²) in [5.41, 5.74) is 11.5. The number of nitrogen functional groups attached to an aromatic ring is 1. The van der Waals surface area contributed by atoms with E-state index >= 15 is 0 Å². The van der Waals surface area contributed by atoms with Gasteiger partial charge in [-0.3, -0.25) is 14.4 Å². The molecule has 31 heavy (non-hydrogen) atoms. The van der Waals surface area contributed by atoms with E-state index in [0.717, 1.165) is 50.4 Å². The molecular weight excluding hydrogens is 392 g/mol. The minimum Gasteiger partial charge on any atom is -0.383 e. The summed E-state index contributed by atoms with van der Waals surface area (Å²) in [6.45, 7) is 12.7. The molecule has 2 aliphatic heterocycles. The van der Waals surface area contributed by atoms with Crippen molar-refractivity contribution in [3.63, 3.8) is 0 Å². The molecule has 168 valence electrons. The highest BCUT2D eigenvalue weighted by atomic mass is 16.5. The van der Waals surface area contributed by atoms with Crippen molar-refractivity contribution in [1.82, 2.24) is 24.6 Å². The maximum absolute atomic E-state index is 12.7. The highest BCUT2D eigenvalue weighted by molar-refractivity contribution is 5.98. The number of rotatable bonds is 5. The second-order valence-electron chi connectivity index (χ2n) is 8.59. The van der Waals surface area contributed by atoms with Gasteiger partial charge in [0.1, 0.15) is 5.82 Å². The number of nitrogens with two attached hydrogens (primary N) is 1. The molecule has 1 amide bonds. The van der Waals surface area contributed by atoms with Crippen molar-refractivity contribution in [3.05, 3.63) is 40.3 Å². The Morgan fingerprint density at radius 3 is 2.48 bits per heavy atom. The second kappa shape index (κ2) is 9.36. The number of amides is 1. The quantitative estimate of drug-likeness (QED) is 0.789. The van der Waals surface area contributed by atoms with Crippen LogP contribution in [0.4, 0.5) is 5.82 Å². The van der Waals surface area contributed by atoms with Crippen LogP contribution >= 0.6 is 0 Å². The molecule has 8 nitrogen and oxygen atoms in total. The van der Waals surface area contributed by atoms with Crippen molar-refractivity contribution in [2.75, 3.05) is 45.1 Å². The number of ether oxygens (including phenoxy) is 1. The van der Waals surface area contributed by atoms with Crippen LogP contribution in [0.15, 0.2) is 12.1 Å². The van der Waals surface area contributed by atoms with E-state index in [4.69, 9.17) is 10.5 Å². The first-order valence-electron chi connectivity index (χ1n) is 11.4. The van der Waals surface area contributed by atoms with E-state index in [9.17, 15) is 4.79 Å². The van der Waals surface area contributed by atoms with E-state index in [1.165, 1.54) is 11.3 Å². The van der Waals surface area contributed by atoms with Crippen molar-refractivity contribution < 1.29 is 9.53 Å². The summed E-state index contributed by atoms with van der Waals surface area (Å²) in [5, 5.41) is 4.65. The number of carbonyl (C=O) groups is 1. The molecular formula is C23H34N6O2. The van der Waals surface area contributed by atoms with Crippen molar-refractivity contribution in [2.45, 2.75) is 52.6 Å². The number of piperidine rings is 1. The Morgan fingerprint density at radius 2 is 1.87 bits per heavy atom. The maximum atomic E-state index is 12.7. The molecule has 2 saturated heterocycles. The van der Waals surface area contributed by atoms with Crippen molar-refractivity contribution in [1.29, 1.82) is 0 Å². The fraction of sp³-hybridized carbons (Fsp3) is 0.609. The van der Waals surface area contributed by atoms with Crippen LogP contribution < -0.4 is 5.73 Å². The van der Waals surface area contributed by atoms with Gasteiger partial charge in [0.2, 0.25) is 0 Å². The van der Waals surface area contributed by atoms with Crippen LogP contribution in [0.25, 0.3) is 0 Å². The van der Waals surface area contributed by atoms with Crippen LogP contribution in [-0.2, 0) is 17.8 Å². The van der Waals surface area contributed by atoms with Gasteiger partial charge in [-0.05, 0) is 58.8 Å². The molecule has 4 heterocycles. The Balaban J connectivity index is 1.37. The normalized spacial score (nSPS) is 18.5. The van der Waals surface area contributed by atoms with Crippen molar-refractivity contribution >= 4 is 11.7 Å². The van der Waals surface area contributed by atoms with Gasteiger partial charge >= 0.3 is 0 Å². The molecule has 0 bridgehead atoms. The number of pyridine rings is 1. The van der Waals surface area contributed by atoms with Crippen LogP contribution in [0.2, 0.25) is 0 Å². The third-order valence-electron chi connectivity index (χ3n) is 6.69. The Kier molecular flexibility index (Phi) is 6.57. The highest BCUT2D eigenvalue weighted by Crippen LogP contribution is 2.29. The lowest BCUT2D eigenvalue weighted by Gasteiger charge is -2.32. The average molecular weight is 427 g/mol. The smallest absolute Gasteiger partial charge is 0.257 e. The van der Waals surface area contributed by atoms with E-state index in [2.05, 4.69) is 40.4 Å². The topological polar surface area (TPSA) is 89.5 Å². The molecule has 2 N–H and O–H groups in total. The third kappa shape index (κ3) is 4.60. The molecule has 8 heteroatoms. The first-order valence-corrected chi connectivity index (χ1v) is 11.4. The molecule has 0 unspecified atom stereocenters. The summed E-state index contributed by atoms with van der Waals surface area (Å²) >= 11 is 0. The summed E-state index contributed by atoms with van der Waals surface area (Å²) in [5.74, 6) is 0.675. The van der Waals surface area contributed by atoms with Crippen LogP contribution in [0.5, 0.6) is 0 Å². The summed E-state index contributed by atoms with van der Waals surface area (Å²) in [6.07, 6.45) is 2.09. The Hall–Kier alpha value is -2.45. The summed E-state index contributed by atoms with van der Waals surface area (Å²) in [4.78, 5) is 21.7. The van der Waals surface area contributed by atoms with Gasteiger partial charge in [0.05, 0.1) is 24.5 Å². The highest BCUT2D eigenvalue weighted by Gasteiger charge is 2.26. The van der Waals surface area contributed by atoms with Crippen LogP contribution in [0, 0.1) is 13.8 Å². The zero-order chi connectivity index (χ0) is 22.0. The van der Waals surface area contributed by atoms with Gasteiger partial charge in [-0.1, -0.05) is 0 Å². The van der Waals surface area contributed by atoms with Crippen LogP contribution in [0.1, 0.15) is 58.7 Å². The molecule has 2 aliphatic rings. The third-order valence-corrected chi connectivity index (χ3v) is 6.69. The summed E-state index contributed by atoms with van der Waals surface area (Å²) in [7, 11) is 0. The van der Waals surface area contributed by atoms with E-state index in [0.29, 0.717) is 43.6 Å². The number of nitrogens with zero attached hydrogens (tertiary/aromatic N) is 5. The number of hydrogen-bond acceptors (Lipinski definition) is 6. The zero-order valence-electron chi connectivity index (χ0n) is 18.9. The van der Waals surface area contributed by atoms with Crippen molar-refractivity contribution in [2.24, 2.45) is 0 Å². The molecule has 0 aliphatic carbocycles. The molecule has 0 spiro atoms. The van der Waals surface area contributed by atoms with Gasteiger partial charge in [-0.15, -0.1) is 0 Å². The second-order valence-corrected chi connectivity index (χ2v) is 8.59. The monoisotopic (exact) mass is 426 g/mol. The number of anilines is 1. The summed E-state index contributed by atoms with van der Waals surface area (Å²) < 4.78 is 7.42. The maximum Gasteiger partial charge on any atom is 0.257 e. The minimum atomic E-state index is -0.0481. The molecule has 0 saturated carbocycles. The number of aryl methyl sites for hydroxylation is 2. The SMILES string of the molecule is CCn1nc(C)c(CN2CCC(c3ccc(C(=O)N4CCOCC4)c(N)n3)CC2)c1C. The zero-order valence-corrected chi connectivity index (χ0v) is 18.9. The van der Waals surface area contributed by atoms with E-state index in [-0.39, 0.29) is 5.91 Å². The van der Waals surface area contributed by atoms with E-state index < -0.39 is 0 Å².